The summed E-state index contributed by atoms with van der Waals surface area (Å²) >= 11 is 0. The number of carboxylic acids is 1. The quantitative estimate of drug-likeness (QED) is 0.721. The van der Waals surface area contributed by atoms with Crippen molar-refractivity contribution in [1.29, 1.82) is 0 Å². The minimum Gasteiger partial charge on any atom is -0.481 e. The van der Waals surface area contributed by atoms with Gasteiger partial charge in [0.25, 0.3) is 0 Å². The van der Waals surface area contributed by atoms with Crippen LogP contribution in [0.5, 0.6) is 0 Å². The molecule has 0 spiro atoms. The molecular formula is C24H39NO3. The number of nitrogens with one attached hydrogen (secondary N) is 1. The van der Waals surface area contributed by atoms with Crippen LogP contribution >= 0.6 is 0 Å². The van der Waals surface area contributed by atoms with Crippen molar-refractivity contribution in [2.75, 3.05) is 0 Å². The van der Waals surface area contributed by atoms with E-state index in [1.165, 1.54) is 25.7 Å². The summed E-state index contributed by atoms with van der Waals surface area (Å²) in [5, 5.41) is 12.5. The van der Waals surface area contributed by atoms with E-state index in [0.717, 1.165) is 37.0 Å². The second-order valence-electron chi connectivity index (χ2n) is 11.3. The van der Waals surface area contributed by atoms with E-state index in [1.807, 2.05) is 0 Å². The fraction of sp³-hybridized carbons (Fsp3) is 0.917. The molecule has 9 atom stereocenters. The SMILES string of the molecule is CC1CC2NC(=O)CC[C@]2(C)C2CC[C@@]3(C)C(CCC3[C@H](C)CCC(=O)O)C12. The van der Waals surface area contributed by atoms with E-state index in [2.05, 4.69) is 33.0 Å². The molecule has 158 valence electrons. The zero-order valence-electron chi connectivity index (χ0n) is 18.2. The van der Waals surface area contributed by atoms with Crippen molar-refractivity contribution >= 4 is 11.9 Å². The zero-order chi connectivity index (χ0) is 20.3. The van der Waals surface area contributed by atoms with Crippen LogP contribution in [0.3, 0.4) is 0 Å². The summed E-state index contributed by atoms with van der Waals surface area (Å²) in [5.74, 6) is 3.70. The van der Waals surface area contributed by atoms with E-state index < -0.39 is 5.97 Å². The summed E-state index contributed by atoms with van der Waals surface area (Å²) in [4.78, 5) is 23.1. The van der Waals surface area contributed by atoms with E-state index in [1.54, 1.807) is 0 Å². The lowest BCUT2D eigenvalue weighted by Crippen LogP contribution is -2.63. The lowest BCUT2D eigenvalue weighted by Gasteiger charge is -2.62. The van der Waals surface area contributed by atoms with Gasteiger partial charge in [-0.2, -0.15) is 0 Å². The van der Waals surface area contributed by atoms with E-state index in [-0.39, 0.29) is 11.3 Å². The van der Waals surface area contributed by atoms with Crippen LogP contribution in [0.4, 0.5) is 0 Å². The van der Waals surface area contributed by atoms with Crippen LogP contribution in [0.15, 0.2) is 0 Å². The molecule has 1 amide bonds. The van der Waals surface area contributed by atoms with Crippen molar-refractivity contribution in [2.45, 2.75) is 91.5 Å². The Morgan fingerprint density at radius 1 is 1.18 bits per heavy atom. The lowest BCUT2D eigenvalue weighted by atomic mass is 9.44. The number of hydrogen-bond acceptors (Lipinski definition) is 2. The predicted octanol–water partition coefficient (Wildman–Crippen LogP) is 4.87. The first-order chi connectivity index (χ1) is 13.2. The zero-order valence-corrected chi connectivity index (χ0v) is 18.2. The Labute approximate surface area is 170 Å². The molecule has 4 heteroatoms. The Morgan fingerprint density at radius 3 is 2.61 bits per heavy atom. The van der Waals surface area contributed by atoms with Gasteiger partial charge in [-0.1, -0.05) is 27.7 Å². The van der Waals surface area contributed by atoms with Crippen LogP contribution in [0.25, 0.3) is 0 Å². The van der Waals surface area contributed by atoms with Gasteiger partial charge in [-0.25, -0.2) is 0 Å². The molecule has 1 aliphatic heterocycles. The van der Waals surface area contributed by atoms with Gasteiger partial charge in [0.05, 0.1) is 0 Å². The summed E-state index contributed by atoms with van der Waals surface area (Å²) in [7, 11) is 0. The molecule has 0 aromatic rings. The topological polar surface area (TPSA) is 66.4 Å². The molecule has 0 radical (unpaired) electrons. The maximum absolute atomic E-state index is 12.0. The number of piperidine rings is 1. The molecule has 6 unspecified atom stereocenters. The maximum atomic E-state index is 12.0. The highest BCUT2D eigenvalue weighted by atomic mass is 16.4. The van der Waals surface area contributed by atoms with Gasteiger partial charge in [0.15, 0.2) is 0 Å². The third-order valence-corrected chi connectivity index (χ3v) is 10.0. The predicted molar refractivity (Wildman–Crippen MR) is 110 cm³/mol. The van der Waals surface area contributed by atoms with Crippen molar-refractivity contribution in [3.63, 3.8) is 0 Å². The fourth-order valence-corrected chi connectivity index (χ4v) is 8.57. The van der Waals surface area contributed by atoms with Crippen LogP contribution in [0.2, 0.25) is 0 Å². The average molecular weight is 390 g/mol. The van der Waals surface area contributed by atoms with Crippen molar-refractivity contribution in [3.8, 4) is 0 Å². The Balaban J connectivity index is 1.56. The van der Waals surface area contributed by atoms with Crippen LogP contribution in [-0.4, -0.2) is 23.0 Å². The highest BCUT2D eigenvalue weighted by Gasteiger charge is 2.62. The highest BCUT2D eigenvalue weighted by molar-refractivity contribution is 5.77. The number of carbonyl (C=O) groups is 2. The van der Waals surface area contributed by atoms with Gasteiger partial charge in [-0.15, -0.1) is 0 Å². The molecule has 2 N–H and O–H groups in total. The van der Waals surface area contributed by atoms with Crippen LogP contribution in [0.1, 0.15) is 85.5 Å². The van der Waals surface area contributed by atoms with E-state index in [4.69, 9.17) is 5.11 Å². The third-order valence-electron chi connectivity index (χ3n) is 10.0. The monoisotopic (exact) mass is 389 g/mol. The second kappa shape index (κ2) is 7.02. The van der Waals surface area contributed by atoms with E-state index in [0.29, 0.717) is 42.1 Å². The third kappa shape index (κ3) is 3.01. The molecule has 4 aliphatic rings. The fourth-order valence-electron chi connectivity index (χ4n) is 8.57. The number of hydrogen-bond donors (Lipinski definition) is 2. The highest BCUT2D eigenvalue weighted by Crippen LogP contribution is 2.67. The number of fused-ring (bicyclic) bond motifs is 5. The van der Waals surface area contributed by atoms with Crippen molar-refractivity contribution < 1.29 is 14.7 Å². The molecule has 28 heavy (non-hydrogen) atoms. The van der Waals surface area contributed by atoms with Crippen molar-refractivity contribution in [2.24, 2.45) is 46.3 Å². The molecule has 4 nitrogen and oxygen atoms in total. The Morgan fingerprint density at radius 2 is 1.89 bits per heavy atom. The minimum atomic E-state index is -0.658. The first-order valence-corrected chi connectivity index (χ1v) is 11.7. The van der Waals surface area contributed by atoms with Crippen molar-refractivity contribution in [1.82, 2.24) is 5.32 Å². The summed E-state index contributed by atoms with van der Waals surface area (Å²) in [6.45, 7) is 9.73. The molecule has 3 aliphatic carbocycles. The minimum absolute atomic E-state index is 0.252. The van der Waals surface area contributed by atoms with Gasteiger partial charge in [-0.05, 0) is 91.3 Å². The van der Waals surface area contributed by atoms with Gasteiger partial charge in [0.1, 0.15) is 0 Å². The van der Waals surface area contributed by atoms with Gasteiger partial charge in [0, 0.05) is 18.9 Å². The molecule has 4 fully saturated rings. The summed E-state index contributed by atoms with van der Waals surface area (Å²) in [6.07, 6.45) is 9.16. The number of carboxylic acid groups (broad SMARTS) is 1. The number of carbonyl (C=O) groups excluding carboxylic acids is 1. The molecule has 4 rings (SSSR count). The van der Waals surface area contributed by atoms with E-state index in [9.17, 15) is 9.59 Å². The summed E-state index contributed by atoms with van der Waals surface area (Å²) in [6, 6.07) is 0.362. The average Bonchev–Trinajstić information content (AvgIpc) is 2.98. The Kier molecular flexibility index (Phi) is 5.07. The smallest absolute Gasteiger partial charge is 0.303 e. The van der Waals surface area contributed by atoms with Gasteiger partial charge in [-0.3, -0.25) is 9.59 Å². The molecule has 3 saturated carbocycles. The number of amides is 1. The van der Waals surface area contributed by atoms with Gasteiger partial charge in [0.2, 0.25) is 5.91 Å². The molecular weight excluding hydrogens is 350 g/mol. The molecule has 1 heterocycles. The standard InChI is InChI=1S/C24H39NO3/c1-14(5-8-21(27)28)16-6-7-17-22-15(2)13-19-24(4,12-10-20(26)25-19)18(22)9-11-23(16,17)3/h14-19,22H,5-13H2,1-4H3,(H,25,26)(H,27,28)/t14-,15?,16?,17?,18?,19?,22?,23-,24-/m1/s1. The normalized spacial score (nSPS) is 48.8. The molecule has 0 aromatic heterocycles. The number of aliphatic carboxylic acids is 1. The molecule has 0 aromatic carbocycles. The van der Waals surface area contributed by atoms with Gasteiger partial charge >= 0.3 is 5.97 Å². The van der Waals surface area contributed by atoms with E-state index >= 15 is 0 Å². The Bertz CT molecular complexity index is 648. The lowest BCUT2D eigenvalue weighted by molar-refractivity contribution is -0.144. The van der Waals surface area contributed by atoms with Gasteiger partial charge < -0.3 is 10.4 Å². The largest absolute Gasteiger partial charge is 0.481 e. The van der Waals surface area contributed by atoms with Crippen LogP contribution in [-0.2, 0) is 9.59 Å². The second-order valence-corrected chi connectivity index (χ2v) is 11.3. The Hall–Kier alpha value is -1.06. The summed E-state index contributed by atoms with van der Waals surface area (Å²) in [5.41, 5.74) is 0.633. The first kappa shape index (κ1) is 20.2. The molecule has 0 bridgehead atoms. The van der Waals surface area contributed by atoms with Crippen LogP contribution in [0, 0.1) is 46.3 Å². The maximum Gasteiger partial charge on any atom is 0.303 e. The number of rotatable bonds is 4. The molecule has 1 saturated heterocycles. The first-order valence-electron chi connectivity index (χ1n) is 11.7. The summed E-state index contributed by atoms with van der Waals surface area (Å²) < 4.78 is 0. The van der Waals surface area contributed by atoms with Crippen LogP contribution < -0.4 is 5.32 Å². The van der Waals surface area contributed by atoms with Crippen molar-refractivity contribution in [3.05, 3.63) is 0 Å².